The number of aryl methyl sites for hydroxylation is 1. The minimum absolute atomic E-state index is 0.0781. The summed E-state index contributed by atoms with van der Waals surface area (Å²) in [6, 6.07) is 1.67. The number of rotatable bonds is 3. The number of aliphatic carboxylic acids is 1. The van der Waals surface area contributed by atoms with E-state index in [4.69, 9.17) is 9.63 Å². The largest absolute Gasteiger partial charge is 0.478 e. The number of likely N-dealkylation sites (tertiary alicyclic amines) is 1. The van der Waals surface area contributed by atoms with E-state index in [1.54, 1.807) is 11.8 Å². The van der Waals surface area contributed by atoms with Crippen LogP contribution in [0.4, 0.5) is 0 Å². The molecule has 0 bridgehead atoms. The first-order chi connectivity index (χ1) is 9.41. The Hall–Kier alpha value is -2.11. The molecule has 1 N–H and O–H groups in total. The van der Waals surface area contributed by atoms with Crippen LogP contribution in [-0.4, -0.2) is 33.6 Å². The molecular weight excluding hydrogens is 260 g/mol. The summed E-state index contributed by atoms with van der Waals surface area (Å²) in [7, 11) is 0. The van der Waals surface area contributed by atoms with E-state index >= 15 is 0 Å². The normalized spacial score (nSPS) is 19.9. The van der Waals surface area contributed by atoms with Crippen LogP contribution in [0.1, 0.15) is 44.2 Å². The zero-order valence-corrected chi connectivity index (χ0v) is 11.8. The average molecular weight is 278 g/mol. The summed E-state index contributed by atoms with van der Waals surface area (Å²) in [6.07, 6.45) is 1.68. The molecule has 6 nitrogen and oxygen atoms in total. The van der Waals surface area contributed by atoms with Crippen molar-refractivity contribution in [1.82, 2.24) is 10.1 Å². The van der Waals surface area contributed by atoms with Gasteiger partial charge < -0.3 is 14.5 Å². The van der Waals surface area contributed by atoms with Crippen LogP contribution in [0.3, 0.4) is 0 Å². The first-order valence-corrected chi connectivity index (χ1v) is 6.56. The molecule has 0 radical (unpaired) electrons. The van der Waals surface area contributed by atoms with Crippen LogP contribution in [0.25, 0.3) is 0 Å². The summed E-state index contributed by atoms with van der Waals surface area (Å²) in [5.74, 6) is -0.655. The van der Waals surface area contributed by atoms with E-state index in [2.05, 4.69) is 5.16 Å². The van der Waals surface area contributed by atoms with Crippen LogP contribution in [0.2, 0.25) is 0 Å². The highest BCUT2D eigenvalue weighted by Crippen LogP contribution is 2.33. The molecule has 20 heavy (non-hydrogen) atoms. The highest BCUT2D eigenvalue weighted by Gasteiger charge is 2.33. The molecule has 1 atom stereocenters. The zero-order valence-electron chi connectivity index (χ0n) is 11.8. The standard InChI is InChI=1S/C14H18N2O4/c1-8-7-12(20-15-8)11-5-4-6-16(11)13(17)9(2)10(3)14(18)19/h7,11H,4-6H2,1-3H3,(H,18,19). The molecule has 1 aliphatic heterocycles. The molecule has 1 aliphatic rings. The van der Waals surface area contributed by atoms with E-state index in [1.165, 1.54) is 6.92 Å². The molecule has 108 valence electrons. The fraction of sp³-hybridized carbons (Fsp3) is 0.500. The molecule has 1 amide bonds. The van der Waals surface area contributed by atoms with Crippen molar-refractivity contribution in [3.8, 4) is 0 Å². The van der Waals surface area contributed by atoms with Gasteiger partial charge in [0.1, 0.15) is 0 Å². The molecule has 1 saturated heterocycles. The molecule has 0 aromatic carbocycles. The molecule has 1 aromatic heterocycles. The molecule has 6 heteroatoms. The van der Waals surface area contributed by atoms with Crippen molar-refractivity contribution >= 4 is 11.9 Å². The van der Waals surface area contributed by atoms with Gasteiger partial charge in [0.05, 0.1) is 11.7 Å². The van der Waals surface area contributed by atoms with E-state index in [0.717, 1.165) is 18.5 Å². The van der Waals surface area contributed by atoms with Gasteiger partial charge in [0.2, 0.25) is 0 Å². The first-order valence-electron chi connectivity index (χ1n) is 6.56. The SMILES string of the molecule is CC(C(=O)O)=C(C)C(=O)N1CCCC1c1cc(C)no1. The van der Waals surface area contributed by atoms with Crippen molar-refractivity contribution < 1.29 is 19.2 Å². The third-order valence-corrected chi connectivity index (χ3v) is 3.69. The molecule has 2 rings (SSSR count). The molecule has 0 spiro atoms. The van der Waals surface area contributed by atoms with Gasteiger partial charge in [-0.2, -0.15) is 0 Å². The van der Waals surface area contributed by atoms with Gasteiger partial charge in [-0.05, 0) is 33.6 Å². The number of carbonyl (C=O) groups excluding carboxylic acids is 1. The maximum atomic E-state index is 12.4. The summed E-state index contributed by atoms with van der Waals surface area (Å²) < 4.78 is 5.24. The van der Waals surface area contributed by atoms with Crippen molar-refractivity contribution in [3.63, 3.8) is 0 Å². The van der Waals surface area contributed by atoms with E-state index < -0.39 is 5.97 Å². The molecule has 2 heterocycles. The van der Waals surface area contributed by atoms with Gasteiger partial charge in [-0.1, -0.05) is 5.16 Å². The van der Waals surface area contributed by atoms with Gasteiger partial charge in [-0.15, -0.1) is 0 Å². The second-order valence-corrected chi connectivity index (χ2v) is 5.08. The zero-order chi connectivity index (χ0) is 14.9. The Morgan fingerprint density at radius 1 is 1.40 bits per heavy atom. The van der Waals surface area contributed by atoms with Crippen molar-refractivity contribution in [2.75, 3.05) is 6.54 Å². The number of carbonyl (C=O) groups is 2. The Kier molecular flexibility index (Phi) is 3.92. The fourth-order valence-corrected chi connectivity index (χ4v) is 2.38. The van der Waals surface area contributed by atoms with Crippen molar-refractivity contribution in [2.45, 2.75) is 39.7 Å². The minimum atomic E-state index is -1.07. The summed E-state index contributed by atoms with van der Waals surface area (Å²) in [5.41, 5.74) is 1.11. The maximum Gasteiger partial charge on any atom is 0.331 e. The molecule has 0 aliphatic carbocycles. The lowest BCUT2D eigenvalue weighted by Crippen LogP contribution is -2.31. The van der Waals surface area contributed by atoms with Gasteiger partial charge in [-0.25, -0.2) is 4.79 Å². The van der Waals surface area contributed by atoms with Gasteiger partial charge in [-0.3, -0.25) is 4.79 Å². The summed E-state index contributed by atoms with van der Waals surface area (Å²) in [4.78, 5) is 25.1. The van der Waals surface area contributed by atoms with Gasteiger partial charge in [0, 0.05) is 23.8 Å². The monoisotopic (exact) mass is 278 g/mol. The number of hydrogen-bond donors (Lipinski definition) is 1. The molecular formula is C14H18N2O4. The van der Waals surface area contributed by atoms with E-state index in [-0.39, 0.29) is 23.1 Å². The molecule has 1 fully saturated rings. The topological polar surface area (TPSA) is 83.6 Å². The van der Waals surface area contributed by atoms with E-state index in [9.17, 15) is 9.59 Å². The predicted octanol–water partition coefficient (Wildman–Crippen LogP) is 2.07. The van der Waals surface area contributed by atoms with Crippen LogP contribution in [0.15, 0.2) is 21.7 Å². The van der Waals surface area contributed by atoms with Gasteiger partial charge in [0.25, 0.3) is 5.91 Å². The lowest BCUT2D eigenvalue weighted by molar-refractivity contribution is -0.134. The van der Waals surface area contributed by atoms with E-state index in [1.807, 2.05) is 13.0 Å². The Morgan fingerprint density at radius 3 is 2.65 bits per heavy atom. The number of amides is 1. The van der Waals surface area contributed by atoms with Crippen LogP contribution >= 0.6 is 0 Å². The second-order valence-electron chi connectivity index (χ2n) is 5.08. The smallest absolute Gasteiger partial charge is 0.331 e. The number of hydrogen-bond acceptors (Lipinski definition) is 4. The summed E-state index contributed by atoms with van der Waals surface area (Å²) >= 11 is 0. The molecule has 1 aromatic rings. The predicted molar refractivity (Wildman–Crippen MR) is 70.9 cm³/mol. The fourth-order valence-electron chi connectivity index (χ4n) is 2.38. The van der Waals surface area contributed by atoms with Crippen LogP contribution < -0.4 is 0 Å². The van der Waals surface area contributed by atoms with Crippen LogP contribution in [0, 0.1) is 6.92 Å². The minimum Gasteiger partial charge on any atom is -0.478 e. The van der Waals surface area contributed by atoms with Crippen LogP contribution in [0.5, 0.6) is 0 Å². The third kappa shape index (κ3) is 2.59. The number of aromatic nitrogens is 1. The summed E-state index contributed by atoms with van der Waals surface area (Å²) in [6.45, 7) is 5.42. The highest BCUT2D eigenvalue weighted by atomic mass is 16.5. The lowest BCUT2D eigenvalue weighted by atomic mass is 10.1. The maximum absolute atomic E-state index is 12.4. The van der Waals surface area contributed by atoms with E-state index in [0.29, 0.717) is 12.3 Å². The first kappa shape index (κ1) is 14.3. The quantitative estimate of drug-likeness (QED) is 0.856. The number of carboxylic acid groups (broad SMARTS) is 1. The highest BCUT2D eigenvalue weighted by molar-refractivity contribution is 6.01. The van der Waals surface area contributed by atoms with Gasteiger partial charge >= 0.3 is 5.97 Å². The van der Waals surface area contributed by atoms with Gasteiger partial charge in [0.15, 0.2) is 5.76 Å². The van der Waals surface area contributed by atoms with Crippen LogP contribution in [-0.2, 0) is 9.59 Å². The van der Waals surface area contributed by atoms with Crippen molar-refractivity contribution in [2.24, 2.45) is 0 Å². The molecule has 1 unspecified atom stereocenters. The second kappa shape index (κ2) is 5.48. The average Bonchev–Trinajstić information content (AvgIpc) is 3.03. The Bertz CT molecular complexity index is 573. The Labute approximate surface area is 117 Å². The van der Waals surface area contributed by atoms with Crippen molar-refractivity contribution in [3.05, 3.63) is 28.7 Å². The number of carboxylic acids is 1. The Balaban J connectivity index is 2.25. The number of nitrogens with zero attached hydrogens (tertiary/aromatic N) is 2. The Morgan fingerprint density at radius 2 is 2.10 bits per heavy atom. The lowest BCUT2D eigenvalue weighted by Gasteiger charge is -2.23. The summed E-state index contributed by atoms with van der Waals surface area (Å²) in [5, 5.41) is 12.8. The van der Waals surface area contributed by atoms with Crippen molar-refractivity contribution in [1.29, 1.82) is 0 Å². The molecule has 0 saturated carbocycles. The third-order valence-electron chi connectivity index (χ3n) is 3.69.